The highest BCUT2D eigenvalue weighted by atomic mass is 16.5. The van der Waals surface area contributed by atoms with E-state index in [2.05, 4.69) is 25.4 Å². The van der Waals surface area contributed by atoms with Crippen LogP contribution in [0.4, 0.5) is 23.0 Å². The number of esters is 1. The molecule has 1 amide bonds. The van der Waals surface area contributed by atoms with Gasteiger partial charge in [-0.1, -0.05) is 18.6 Å². The van der Waals surface area contributed by atoms with E-state index in [0.717, 1.165) is 25.9 Å². The zero-order valence-electron chi connectivity index (χ0n) is 17.3. The molecule has 1 saturated heterocycles. The van der Waals surface area contributed by atoms with Gasteiger partial charge in [0.2, 0.25) is 5.91 Å². The van der Waals surface area contributed by atoms with Crippen molar-refractivity contribution in [1.29, 1.82) is 0 Å². The van der Waals surface area contributed by atoms with Crippen molar-refractivity contribution in [1.82, 2.24) is 9.88 Å². The van der Waals surface area contributed by atoms with Gasteiger partial charge in [-0.05, 0) is 50.2 Å². The van der Waals surface area contributed by atoms with Gasteiger partial charge in [-0.2, -0.15) is 0 Å². The Bertz CT molecular complexity index is 942. The molecule has 0 saturated carbocycles. The van der Waals surface area contributed by atoms with Crippen molar-refractivity contribution >= 4 is 34.9 Å². The molecule has 3 rings (SSSR count). The number of aromatic nitrogens is 1. The molecule has 1 aliphatic rings. The average molecular weight is 425 g/mol. The van der Waals surface area contributed by atoms with Crippen LogP contribution in [0.2, 0.25) is 0 Å². The van der Waals surface area contributed by atoms with Crippen LogP contribution in [-0.2, 0) is 9.59 Å². The number of piperidine rings is 1. The van der Waals surface area contributed by atoms with E-state index in [0.29, 0.717) is 22.9 Å². The molecule has 0 atom stereocenters. The maximum atomic E-state index is 12.3. The fourth-order valence-corrected chi connectivity index (χ4v) is 3.15. The first-order valence-electron chi connectivity index (χ1n) is 10.3. The van der Waals surface area contributed by atoms with Gasteiger partial charge >= 0.3 is 5.97 Å². The van der Waals surface area contributed by atoms with Crippen molar-refractivity contribution in [3.63, 3.8) is 0 Å². The van der Waals surface area contributed by atoms with E-state index in [-0.39, 0.29) is 37.2 Å². The fraction of sp³-hybridized carbons (Fsp3) is 0.381. The van der Waals surface area contributed by atoms with Crippen LogP contribution in [0.1, 0.15) is 25.7 Å². The van der Waals surface area contributed by atoms with Crippen LogP contribution in [0, 0.1) is 0 Å². The number of carbonyl (C=O) groups is 2. The second kappa shape index (κ2) is 11.1. The van der Waals surface area contributed by atoms with E-state index < -0.39 is 0 Å². The van der Waals surface area contributed by atoms with Crippen molar-refractivity contribution in [2.75, 3.05) is 37.2 Å². The Kier molecular flexibility index (Phi) is 8.02. The number of amides is 1. The Morgan fingerprint density at radius 1 is 1.06 bits per heavy atom. The SMILES string of the molecule is NCCC(=O)Nc1ccc(/N=N/c2ccccc2OC(=O)CN2CCCCC2)c(N)n1. The molecule has 1 aromatic carbocycles. The van der Waals surface area contributed by atoms with E-state index in [1.807, 2.05) is 0 Å². The Morgan fingerprint density at radius 3 is 2.55 bits per heavy atom. The number of ether oxygens (including phenoxy) is 1. The summed E-state index contributed by atoms with van der Waals surface area (Å²) >= 11 is 0. The lowest BCUT2D eigenvalue weighted by Crippen LogP contribution is -2.36. The standard InChI is InChI=1S/C21H27N7O3/c22-11-10-19(29)24-18-9-8-16(21(23)25-18)27-26-15-6-2-3-7-17(15)31-20(30)14-28-12-4-1-5-13-28/h2-3,6-9H,1,4-5,10-14,22H2,(H3,23,24,25,29)/b27-26+. The lowest BCUT2D eigenvalue weighted by Gasteiger charge is -2.25. The predicted octanol–water partition coefficient (Wildman–Crippen LogP) is 2.76. The van der Waals surface area contributed by atoms with E-state index in [9.17, 15) is 9.59 Å². The van der Waals surface area contributed by atoms with Gasteiger partial charge in [-0.15, -0.1) is 10.2 Å². The molecule has 1 fully saturated rings. The van der Waals surface area contributed by atoms with Crippen molar-refractivity contribution < 1.29 is 14.3 Å². The quantitative estimate of drug-likeness (QED) is 0.334. The molecule has 0 bridgehead atoms. The molecule has 0 unspecified atom stereocenters. The van der Waals surface area contributed by atoms with Gasteiger partial charge in [0.1, 0.15) is 17.2 Å². The maximum Gasteiger partial charge on any atom is 0.325 e. The Morgan fingerprint density at radius 2 is 1.81 bits per heavy atom. The summed E-state index contributed by atoms with van der Waals surface area (Å²) in [6.07, 6.45) is 3.59. The highest BCUT2D eigenvalue weighted by Crippen LogP contribution is 2.30. The number of nitrogen functional groups attached to an aromatic ring is 1. The van der Waals surface area contributed by atoms with Gasteiger partial charge in [0.25, 0.3) is 0 Å². The predicted molar refractivity (Wildman–Crippen MR) is 117 cm³/mol. The highest BCUT2D eigenvalue weighted by Gasteiger charge is 2.16. The number of benzene rings is 1. The zero-order chi connectivity index (χ0) is 22.1. The van der Waals surface area contributed by atoms with Crippen molar-refractivity contribution in [3.05, 3.63) is 36.4 Å². The Balaban J connectivity index is 1.65. The van der Waals surface area contributed by atoms with Crippen molar-refractivity contribution in [3.8, 4) is 5.75 Å². The van der Waals surface area contributed by atoms with E-state index >= 15 is 0 Å². The van der Waals surface area contributed by atoms with Crippen LogP contribution in [-0.4, -0.2) is 47.9 Å². The molecule has 2 aromatic rings. The normalized spacial score (nSPS) is 14.5. The molecule has 164 valence electrons. The van der Waals surface area contributed by atoms with Crippen LogP contribution >= 0.6 is 0 Å². The minimum Gasteiger partial charge on any atom is -0.423 e. The second-order valence-corrected chi connectivity index (χ2v) is 7.17. The molecule has 0 spiro atoms. The number of rotatable bonds is 8. The summed E-state index contributed by atoms with van der Waals surface area (Å²) in [6, 6.07) is 10.1. The summed E-state index contributed by atoms with van der Waals surface area (Å²) in [5.74, 6) is 0.161. The highest BCUT2D eigenvalue weighted by molar-refractivity contribution is 5.90. The summed E-state index contributed by atoms with van der Waals surface area (Å²) < 4.78 is 5.51. The number of para-hydroxylation sites is 1. The number of hydrogen-bond acceptors (Lipinski definition) is 9. The first-order chi connectivity index (χ1) is 15.0. The van der Waals surface area contributed by atoms with Gasteiger partial charge in [-0.25, -0.2) is 4.98 Å². The topological polar surface area (TPSA) is 148 Å². The van der Waals surface area contributed by atoms with Gasteiger partial charge in [0.05, 0.1) is 6.54 Å². The second-order valence-electron chi connectivity index (χ2n) is 7.17. The summed E-state index contributed by atoms with van der Waals surface area (Å²) in [5.41, 5.74) is 12.0. The summed E-state index contributed by atoms with van der Waals surface area (Å²) in [4.78, 5) is 30.1. The van der Waals surface area contributed by atoms with E-state index in [1.165, 1.54) is 6.42 Å². The molecule has 2 heterocycles. The van der Waals surface area contributed by atoms with Crippen LogP contribution < -0.4 is 21.5 Å². The van der Waals surface area contributed by atoms with E-state index in [1.54, 1.807) is 36.4 Å². The number of pyridine rings is 1. The molecule has 0 radical (unpaired) electrons. The molecular formula is C21H27N7O3. The fourth-order valence-electron chi connectivity index (χ4n) is 3.15. The number of nitrogens with one attached hydrogen (secondary N) is 1. The summed E-state index contributed by atoms with van der Waals surface area (Å²) in [6.45, 7) is 2.31. The molecular weight excluding hydrogens is 398 g/mol. The molecule has 5 N–H and O–H groups in total. The minimum absolute atomic E-state index is 0.105. The molecule has 1 aromatic heterocycles. The van der Waals surface area contributed by atoms with Gasteiger partial charge < -0.3 is 21.5 Å². The largest absolute Gasteiger partial charge is 0.423 e. The number of nitrogens with zero attached hydrogens (tertiary/aromatic N) is 4. The lowest BCUT2D eigenvalue weighted by atomic mass is 10.1. The van der Waals surface area contributed by atoms with Crippen LogP contribution in [0.3, 0.4) is 0 Å². The van der Waals surface area contributed by atoms with E-state index in [4.69, 9.17) is 16.2 Å². The Labute approximate surface area is 180 Å². The Hall–Kier alpha value is -3.37. The van der Waals surface area contributed by atoms with Crippen LogP contribution in [0.15, 0.2) is 46.6 Å². The molecule has 10 nitrogen and oxygen atoms in total. The molecule has 1 aliphatic heterocycles. The monoisotopic (exact) mass is 425 g/mol. The number of carbonyl (C=O) groups excluding carboxylic acids is 2. The molecule has 0 aliphatic carbocycles. The summed E-state index contributed by atoms with van der Waals surface area (Å²) in [7, 11) is 0. The van der Waals surface area contributed by atoms with Gasteiger partial charge in [0, 0.05) is 13.0 Å². The number of azo groups is 1. The molecule has 10 heteroatoms. The molecule has 31 heavy (non-hydrogen) atoms. The van der Waals surface area contributed by atoms with Crippen molar-refractivity contribution in [2.24, 2.45) is 16.0 Å². The first kappa shape index (κ1) is 22.3. The van der Waals surface area contributed by atoms with Crippen LogP contribution in [0.5, 0.6) is 5.75 Å². The average Bonchev–Trinajstić information content (AvgIpc) is 2.75. The number of nitrogens with two attached hydrogens (primary N) is 2. The minimum atomic E-state index is -0.330. The van der Waals surface area contributed by atoms with Crippen LogP contribution in [0.25, 0.3) is 0 Å². The smallest absolute Gasteiger partial charge is 0.325 e. The third-order valence-corrected chi connectivity index (χ3v) is 4.70. The number of anilines is 2. The van der Waals surface area contributed by atoms with Crippen molar-refractivity contribution in [2.45, 2.75) is 25.7 Å². The third-order valence-electron chi connectivity index (χ3n) is 4.70. The van der Waals surface area contributed by atoms with Gasteiger partial charge in [0.15, 0.2) is 11.6 Å². The number of likely N-dealkylation sites (tertiary alicyclic amines) is 1. The van der Waals surface area contributed by atoms with Gasteiger partial charge in [-0.3, -0.25) is 14.5 Å². The first-order valence-corrected chi connectivity index (χ1v) is 10.3. The number of hydrogen-bond donors (Lipinski definition) is 3. The lowest BCUT2D eigenvalue weighted by molar-refractivity contribution is -0.135. The zero-order valence-corrected chi connectivity index (χ0v) is 17.3. The maximum absolute atomic E-state index is 12.3. The third kappa shape index (κ3) is 6.83. The summed E-state index contributed by atoms with van der Waals surface area (Å²) in [5, 5.41) is 10.9.